The summed E-state index contributed by atoms with van der Waals surface area (Å²) in [6, 6.07) is 0.262. The number of carbonyl (C=O) groups excluding carboxylic acids is 1. The average molecular weight is 331 g/mol. The van der Waals surface area contributed by atoms with Gasteiger partial charge in [0.05, 0.1) is 12.5 Å². The second kappa shape index (κ2) is 6.46. The Labute approximate surface area is 131 Å². The van der Waals surface area contributed by atoms with Gasteiger partial charge in [0, 0.05) is 6.04 Å². The van der Waals surface area contributed by atoms with Gasteiger partial charge in [-0.1, -0.05) is 6.42 Å². The molecule has 0 spiro atoms. The molecule has 0 aliphatic carbocycles. The number of carbonyl (C=O) groups is 1. The molecule has 0 radical (unpaired) electrons. The van der Waals surface area contributed by atoms with E-state index in [9.17, 15) is 18.0 Å². The van der Waals surface area contributed by atoms with Crippen molar-refractivity contribution in [2.24, 2.45) is 5.92 Å². The van der Waals surface area contributed by atoms with Crippen molar-refractivity contribution in [2.45, 2.75) is 50.9 Å². The molecule has 2 N–H and O–H groups in total. The van der Waals surface area contributed by atoms with E-state index in [1.54, 1.807) is 0 Å². The Hall–Kier alpha value is -1.64. The number of hydrogen-bond acceptors (Lipinski definition) is 4. The zero-order chi connectivity index (χ0) is 16.4. The Morgan fingerprint density at radius 1 is 1.26 bits per heavy atom. The Bertz CT molecular complexity index is 557. The summed E-state index contributed by atoms with van der Waals surface area (Å²) in [5.74, 6) is -1.39. The van der Waals surface area contributed by atoms with Crippen LogP contribution in [0.15, 0.2) is 0 Å². The van der Waals surface area contributed by atoms with E-state index in [1.165, 1.54) is 6.42 Å². The first-order chi connectivity index (χ1) is 10.9. The molecule has 0 aromatic carbocycles. The Balaban J connectivity index is 1.57. The van der Waals surface area contributed by atoms with Gasteiger partial charge in [-0.3, -0.25) is 14.8 Å². The SMILES string of the molecule is O=C(NCc1nc(C(F)(F)F)n[nH]1)[C@@H]1CCCN2CCCC[C@H]12. The molecule has 1 aromatic heterocycles. The molecule has 0 saturated carbocycles. The average Bonchev–Trinajstić information content (AvgIpc) is 3.01. The second-order valence-electron chi connectivity index (χ2n) is 6.17. The molecule has 0 unspecified atom stereocenters. The van der Waals surface area contributed by atoms with E-state index in [4.69, 9.17) is 0 Å². The first-order valence-electron chi connectivity index (χ1n) is 7.95. The lowest BCUT2D eigenvalue weighted by Gasteiger charge is -2.43. The van der Waals surface area contributed by atoms with Gasteiger partial charge < -0.3 is 5.32 Å². The summed E-state index contributed by atoms with van der Waals surface area (Å²) in [6.07, 6.45) is 0.542. The normalized spacial score (nSPS) is 25.9. The van der Waals surface area contributed by atoms with E-state index < -0.39 is 12.0 Å². The summed E-state index contributed by atoms with van der Waals surface area (Å²) in [6.45, 7) is 2.00. The summed E-state index contributed by atoms with van der Waals surface area (Å²) in [7, 11) is 0. The third-order valence-electron chi connectivity index (χ3n) is 4.64. The maximum atomic E-state index is 12.4. The molecule has 23 heavy (non-hydrogen) atoms. The van der Waals surface area contributed by atoms with Crippen LogP contribution in [0, 0.1) is 5.92 Å². The van der Waals surface area contributed by atoms with Crippen LogP contribution in [-0.4, -0.2) is 45.1 Å². The van der Waals surface area contributed by atoms with Gasteiger partial charge in [0.1, 0.15) is 5.82 Å². The molecule has 3 heterocycles. The number of amides is 1. The minimum atomic E-state index is -4.58. The van der Waals surface area contributed by atoms with Crippen molar-refractivity contribution >= 4 is 5.91 Å². The van der Waals surface area contributed by atoms with E-state index in [-0.39, 0.29) is 30.2 Å². The minimum absolute atomic E-state index is 0.0157. The van der Waals surface area contributed by atoms with E-state index in [2.05, 4.69) is 25.4 Å². The predicted molar refractivity (Wildman–Crippen MR) is 75.2 cm³/mol. The lowest BCUT2D eigenvalue weighted by molar-refractivity contribution is -0.144. The third kappa shape index (κ3) is 3.65. The summed E-state index contributed by atoms with van der Waals surface area (Å²) >= 11 is 0. The number of rotatable bonds is 3. The first-order valence-corrected chi connectivity index (χ1v) is 7.95. The van der Waals surface area contributed by atoms with Crippen LogP contribution in [0.4, 0.5) is 13.2 Å². The molecule has 1 amide bonds. The lowest BCUT2D eigenvalue weighted by Crippen LogP contribution is -2.52. The molecule has 6 nitrogen and oxygen atoms in total. The van der Waals surface area contributed by atoms with Crippen molar-refractivity contribution in [3.8, 4) is 0 Å². The molecule has 0 bridgehead atoms. The van der Waals surface area contributed by atoms with Crippen LogP contribution in [0.2, 0.25) is 0 Å². The zero-order valence-electron chi connectivity index (χ0n) is 12.7. The number of aromatic amines is 1. The lowest BCUT2D eigenvalue weighted by atomic mass is 9.83. The van der Waals surface area contributed by atoms with Crippen molar-refractivity contribution in [3.05, 3.63) is 11.6 Å². The van der Waals surface area contributed by atoms with E-state index in [0.717, 1.165) is 38.8 Å². The van der Waals surface area contributed by atoms with Crippen LogP contribution >= 0.6 is 0 Å². The van der Waals surface area contributed by atoms with Crippen LogP contribution in [-0.2, 0) is 17.5 Å². The Kier molecular flexibility index (Phi) is 4.56. The van der Waals surface area contributed by atoms with Crippen molar-refractivity contribution in [2.75, 3.05) is 13.1 Å². The van der Waals surface area contributed by atoms with Gasteiger partial charge in [0.2, 0.25) is 5.91 Å². The van der Waals surface area contributed by atoms with Crippen molar-refractivity contribution in [1.82, 2.24) is 25.4 Å². The van der Waals surface area contributed by atoms with Gasteiger partial charge in [-0.2, -0.15) is 13.2 Å². The van der Waals surface area contributed by atoms with Crippen LogP contribution in [0.5, 0.6) is 0 Å². The second-order valence-corrected chi connectivity index (χ2v) is 6.17. The van der Waals surface area contributed by atoms with Crippen molar-refractivity contribution < 1.29 is 18.0 Å². The number of nitrogens with zero attached hydrogens (tertiary/aromatic N) is 3. The van der Waals surface area contributed by atoms with Gasteiger partial charge in [0.25, 0.3) is 5.82 Å². The highest BCUT2D eigenvalue weighted by molar-refractivity contribution is 5.79. The number of aromatic nitrogens is 3. The van der Waals surface area contributed by atoms with E-state index >= 15 is 0 Å². The van der Waals surface area contributed by atoms with Crippen LogP contribution in [0.1, 0.15) is 43.8 Å². The Morgan fingerprint density at radius 2 is 2.04 bits per heavy atom. The minimum Gasteiger partial charge on any atom is -0.349 e. The monoisotopic (exact) mass is 331 g/mol. The molecule has 3 rings (SSSR count). The first kappa shape index (κ1) is 16.2. The molecular formula is C14H20F3N5O. The molecule has 1 aromatic rings. The largest absolute Gasteiger partial charge is 0.453 e. The molecular weight excluding hydrogens is 311 g/mol. The number of fused-ring (bicyclic) bond motifs is 1. The zero-order valence-corrected chi connectivity index (χ0v) is 12.7. The number of halogens is 3. The summed E-state index contributed by atoms with van der Waals surface area (Å²) in [5.41, 5.74) is 0. The van der Waals surface area contributed by atoms with Crippen molar-refractivity contribution in [3.63, 3.8) is 0 Å². The summed E-state index contributed by atoms with van der Waals surface area (Å²) in [4.78, 5) is 18.1. The third-order valence-corrected chi connectivity index (χ3v) is 4.64. The van der Waals surface area contributed by atoms with Gasteiger partial charge in [-0.25, -0.2) is 4.98 Å². The van der Waals surface area contributed by atoms with Gasteiger partial charge >= 0.3 is 6.18 Å². The summed E-state index contributed by atoms with van der Waals surface area (Å²) in [5, 5.41) is 8.04. The van der Waals surface area contributed by atoms with Crippen LogP contribution in [0.3, 0.4) is 0 Å². The molecule has 2 fully saturated rings. The predicted octanol–water partition coefficient (Wildman–Crippen LogP) is 1.70. The van der Waals surface area contributed by atoms with Crippen LogP contribution < -0.4 is 5.32 Å². The topological polar surface area (TPSA) is 73.9 Å². The molecule has 128 valence electrons. The molecule has 2 saturated heterocycles. The fraction of sp³-hybridized carbons (Fsp3) is 0.786. The molecule has 2 aliphatic heterocycles. The summed E-state index contributed by atoms with van der Waals surface area (Å²) < 4.78 is 37.3. The maximum absolute atomic E-state index is 12.4. The number of alkyl halides is 3. The standard InChI is InChI=1S/C14H20F3N5O/c15-14(16,17)13-19-11(20-21-13)8-18-12(23)9-4-3-7-22-6-2-1-5-10(9)22/h9-10H,1-8H2,(H,18,23)(H,19,20,21)/t9-,10-/m1/s1. The molecule has 9 heteroatoms. The highest BCUT2D eigenvalue weighted by Gasteiger charge is 2.38. The van der Waals surface area contributed by atoms with Crippen LogP contribution in [0.25, 0.3) is 0 Å². The Morgan fingerprint density at radius 3 is 2.78 bits per heavy atom. The maximum Gasteiger partial charge on any atom is 0.453 e. The van der Waals surface area contributed by atoms with Gasteiger partial charge in [0.15, 0.2) is 0 Å². The fourth-order valence-electron chi connectivity index (χ4n) is 3.57. The number of H-pyrrole nitrogens is 1. The number of hydrogen-bond donors (Lipinski definition) is 2. The quantitative estimate of drug-likeness (QED) is 0.884. The number of piperidine rings is 2. The molecule has 2 atom stereocenters. The highest BCUT2D eigenvalue weighted by atomic mass is 19.4. The van der Waals surface area contributed by atoms with Gasteiger partial charge in [-0.15, -0.1) is 5.10 Å². The number of nitrogens with one attached hydrogen (secondary N) is 2. The molecule has 2 aliphatic rings. The highest BCUT2D eigenvalue weighted by Crippen LogP contribution is 2.31. The van der Waals surface area contributed by atoms with Crippen molar-refractivity contribution in [1.29, 1.82) is 0 Å². The van der Waals surface area contributed by atoms with E-state index in [0.29, 0.717) is 0 Å². The smallest absolute Gasteiger partial charge is 0.349 e. The van der Waals surface area contributed by atoms with E-state index in [1.807, 2.05) is 0 Å². The van der Waals surface area contributed by atoms with Gasteiger partial charge in [-0.05, 0) is 38.8 Å². The fourth-order valence-corrected chi connectivity index (χ4v) is 3.57.